The van der Waals surface area contributed by atoms with Gasteiger partial charge in [-0.2, -0.15) is 0 Å². The molecule has 0 aliphatic heterocycles. The van der Waals surface area contributed by atoms with Gasteiger partial charge in [-0.1, -0.05) is 19.9 Å². The first-order valence-corrected chi connectivity index (χ1v) is 6.94. The van der Waals surface area contributed by atoms with Crippen LogP contribution >= 0.6 is 11.3 Å². The van der Waals surface area contributed by atoms with Crippen molar-refractivity contribution in [3.05, 3.63) is 40.8 Å². The number of hydrogen-bond acceptors (Lipinski definition) is 3. The molecule has 0 unspecified atom stereocenters. The minimum atomic E-state index is 0.517. The Balaban J connectivity index is 2.49. The highest BCUT2D eigenvalue weighted by molar-refractivity contribution is 7.15. The minimum Gasteiger partial charge on any atom is -0.496 e. The lowest BCUT2D eigenvalue weighted by molar-refractivity contribution is 0.416. The summed E-state index contributed by atoms with van der Waals surface area (Å²) in [5.74, 6) is 1.44. The Morgan fingerprint density at radius 1 is 1.22 bits per heavy atom. The molecule has 1 heterocycles. The lowest BCUT2D eigenvalue weighted by Gasteiger charge is -2.11. The summed E-state index contributed by atoms with van der Waals surface area (Å²) in [6.07, 6.45) is 0. The molecule has 2 rings (SSSR count). The number of benzene rings is 1. The number of methoxy groups -OCH3 is 1. The topological polar surface area (TPSA) is 35.2 Å². The third-order valence-corrected chi connectivity index (χ3v) is 4.16. The van der Waals surface area contributed by atoms with Crippen molar-refractivity contribution in [2.75, 3.05) is 7.11 Å². The van der Waals surface area contributed by atoms with E-state index in [0.717, 1.165) is 11.3 Å². The lowest BCUT2D eigenvalue weighted by atomic mass is 9.99. The molecular formula is C15H19NOS. The van der Waals surface area contributed by atoms with E-state index in [1.807, 2.05) is 6.07 Å². The molecule has 0 fully saturated rings. The normalized spacial score (nSPS) is 10.9. The van der Waals surface area contributed by atoms with E-state index in [2.05, 4.69) is 38.1 Å². The van der Waals surface area contributed by atoms with Crippen LogP contribution in [0, 0.1) is 0 Å². The Hall–Kier alpha value is -1.32. The van der Waals surface area contributed by atoms with E-state index in [1.54, 1.807) is 18.4 Å². The van der Waals surface area contributed by atoms with Crippen LogP contribution < -0.4 is 10.5 Å². The summed E-state index contributed by atoms with van der Waals surface area (Å²) >= 11 is 1.73. The van der Waals surface area contributed by atoms with Crippen LogP contribution in [0.15, 0.2) is 30.3 Å². The molecule has 2 N–H and O–H groups in total. The van der Waals surface area contributed by atoms with Crippen LogP contribution in [0.5, 0.6) is 5.75 Å². The molecule has 1 aromatic heterocycles. The maximum Gasteiger partial charge on any atom is 0.127 e. The molecule has 3 heteroatoms. The van der Waals surface area contributed by atoms with Crippen LogP contribution in [-0.2, 0) is 6.54 Å². The summed E-state index contributed by atoms with van der Waals surface area (Å²) in [6, 6.07) is 10.6. The SMILES string of the molecule is COc1ccc(C(C)C)cc1-c1ccc(CN)s1. The first kappa shape index (κ1) is 13.1. The predicted molar refractivity (Wildman–Crippen MR) is 78.3 cm³/mol. The fourth-order valence-electron chi connectivity index (χ4n) is 1.91. The molecule has 0 spiro atoms. The molecule has 0 aliphatic rings. The molecule has 0 radical (unpaired) electrons. The molecule has 2 aromatic rings. The monoisotopic (exact) mass is 261 g/mol. The van der Waals surface area contributed by atoms with Crippen molar-refractivity contribution in [1.82, 2.24) is 0 Å². The fourth-order valence-corrected chi connectivity index (χ4v) is 2.82. The molecule has 2 nitrogen and oxygen atoms in total. The summed E-state index contributed by atoms with van der Waals surface area (Å²) in [6.45, 7) is 4.99. The van der Waals surface area contributed by atoms with Gasteiger partial charge in [-0.05, 0) is 35.7 Å². The van der Waals surface area contributed by atoms with Crippen LogP contribution in [0.2, 0.25) is 0 Å². The first-order chi connectivity index (χ1) is 8.65. The number of nitrogens with two attached hydrogens (primary N) is 1. The highest BCUT2D eigenvalue weighted by Gasteiger charge is 2.10. The zero-order valence-corrected chi connectivity index (χ0v) is 11.9. The number of ether oxygens (including phenoxy) is 1. The van der Waals surface area contributed by atoms with Gasteiger partial charge in [0.15, 0.2) is 0 Å². The van der Waals surface area contributed by atoms with Crippen molar-refractivity contribution in [2.24, 2.45) is 5.73 Å². The van der Waals surface area contributed by atoms with Crippen molar-refractivity contribution in [3.63, 3.8) is 0 Å². The molecule has 0 atom stereocenters. The van der Waals surface area contributed by atoms with Crippen LogP contribution in [0.25, 0.3) is 10.4 Å². The predicted octanol–water partition coefficient (Wildman–Crippen LogP) is 4.01. The molecule has 18 heavy (non-hydrogen) atoms. The molecule has 0 saturated carbocycles. The van der Waals surface area contributed by atoms with Gasteiger partial charge in [-0.3, -0.25) is 0 Å². The Labute approximate surface area is 112 Å². The second kappa shape index (κ2) is 5.55. The van der Waals surface area contributed by atoms with Gasteiger partial charge in [-0.25, -0.2) is 0 Å². The third-order valence-electron chi connectivity index (χ3n) is 3.02. The van der Waals surface area contributed by atoms with E-state index in [1.165, 1.54) is 15.3 Å². The first-order valence-electron chi connectivity index (χ1n) is 6.12. The number of thiophene rings is 1. The van der Waals surface area contributed by atoms with Crippen molar-refractivity contribution < 1.29 is 4.74 Å². The van der Waals surface area contributed by atoms with Gasteiger partial charge in [0.1, 0.15) is 5.75 Å². The van der Waals surface area contributed by atoms with E-state index in [9.17, 15) is 0 Å². The van der Waals surface area contributed by atoms with E-state index in [0.29, 0.717) is 12.5 Å². The highest BCUT2D eigenvalue weighted by Crippen LogP contribution is 2.36. The van der Waals surface area contributed by atoms with Gasteiger partial charge >= 0.3 is 0 Å². The quantitative estimate of drug-likeness (QED) is 0.902. The lowest BCUT2D eigenvalue weighted by Crippen LogP contribution is -1.92. The van der Waals surface area contributed by atoms with E-state index in [4.69, 9.17) is 10.5 Å². The largest absolute Gasteiger partial charge is 0.496 e. The van der Waals surface area contributed by atoms with Gasteiger partial charge in [0, 0.05) is 21.9 Å². The zero-order valence-electron chi connectivity index (χ0n) is 11.1. The Bertz CT molecular complexity index is 531. The van der Waals surface area contributed by atoms with Gasteiger partial charge in [0.05, 0.1) is 7.11 Å². The van der Waals surface area contributed by atoms with Gasteiger partial charge in [0.2, 0.25) is 0 Å². The van der Waals surface area contributed by atoms with Crippen LogP contribution in [0.3, 0.4) is 0 Å². The zero-order chi connectivity index (χ0) is 13.1. The summed E-state index contributed by atoms with van der Waals surface area (Å²) in [7, 11) is 1.71. The summed E-state index contributed by atoms with van der Waals surface area (Å²) in [5, 5.41) is 0. The Morgan fingerprint density at radius 2 is 2.00 bits per heavy atom. The van der Waals surface area contributed by atoms with Crippen LogP contribution in [0.4, 0.5) is 0 Å². The van der Waals surface area contributed by atoms with Gasteiger partial charge in [0.25, 0.3) is 0 Å². The van der Waals surface area contributed by atoms with E-state index < -0.39 is 0 Å². The van der Waals surface area contributed by atoms with Crippen molar-refractivity contribution in [3.8, 4) is 16.2 Å². The highest BCUT2D eigenvalue weighted by atomic mass is 32.1. The summed E-state index contributed by atoms with van der Waals surface area (Å²) < 4.78 is 5.45. The molecule has 0 saturated heterocycles. The Morgan fingerprint density at radius 3 is 2.56 bits per heavy atom. The fraction of sp³-hybridized carbons (Fsp3) is 0.333. The minimum absolute atomic E-state index is 0.517. The average Bonchev–Trinajstić information content (AvgIpc) is 2.86. The Kier molecular flexibility index (Phi) is 4.04. The summed E-state index contributed by atoms with van der Waals surface area (Å²) in [4.78, 5) is 2.41. The molecule has 0 bridgehead atoms. The maximum absolute atomic E-state index is 5.67. The molecule has 0 aliphatic carbocycles. The molecule has 96 valence electrons. The van der Waals surface area contributed by atoms with Crippen LogP contribution in [-0.4, -0.2) is 7.11 Å². The van der Waals surface area contributed by atoms with E-state index in [-0.39, 0.29) is 0 Å². The van der Waals surface area contributed by atoms with Crippen molar-refractivity contribution >= 4 is 11.3 Å². The molecule has 0 amide bonds. The second-order valence-corrected chi connectivity index (χ2v) is 5.75. The number of rotatable bonds is 4. The van der Waals surface area contributed by atoms with Crippen LogP contribution in [0.1, 0.15) is 30.2 Å². The standard InChI is InChI=1S/C15H19NOS/c1-10(2)11-4-6-14(17-3)13(8-11)15-7-5-12(9-16)18-15/h4-8,10H,9,16H2,1-3H3. The van der Waals surface area contributed by atoms with E-state index >= 15 is 0 Å². The average molecular weight is 261 g/mol. The molecular weight excluding hydrogens is 242 g/mol. The second-order valence-electron chi connectivity index (χ2n) is 4.58. The van der Waals surface area contributed by atoms with Gasteiger partial charge < -0.3 is 10.5 Å². The third kappa shape index (κ3) is 2.57. The molecule has 1 aromatic carbocycles. The van der Waals surface area contributed by atoms with Crippen molar-refractivity contribution in [1.29, 1.82) is 0 Å². The maximum atomic E-state index is 5.67. The number of hydrogen-bond donors (Lipinski definition) is 1. The summed E-state index contributed by atoms with van der Waals surface area (Å²) in [5.41, 5.74) is 8.16. The smallest absolute Gasteiger partial charge is 0.127 e. The van der Waals surface area contributed by atoms with Gasteiger partial charge in [-0.15, -0.1) is 11.3 Å². The van der Waals surface area contributed by atoms with Crippen molar-refractivity contribution in [2.45, 2.75) is 26.3 Å².